The summed E-state index contributed by atoms with van der Waals surface area (Å²) in [4.78, 5) is -0.426. The molecule has 2 aromatic rings. The Morgan fingerprint density at radius 2 is 1.81 bits per heavy atom. The molecule has 0 saturated heterocycles. The molecule has 0 spiro atoms. The molecular weight excluding hydrogens is 368 g/mol. The first-order valence-electron chi connectivity index (χ1n) is 8.03. The molecule has 8 heteroatoms. The summed E-state index contributed by atoms with van der Waals surface area (Å²) in [5.41, 5.74) is 0.813. The molecule has 0 saturated carbocycles. The lowest BCUT2D eigenvalue weighted by atomic mass is 10.2. The molecule has 27 heavy (non-hydrogen) atoms. The van der Waals surface area contributed by atoms with Crippen LogP contribution in [0.2, 0.25) is 0 Å². The Balaban J connectivity index is 2.32. The maximum absolute atomic E-state index is 12.5. The molecule has 0 fully saturated rings. The molecule has 0 amide bonds. The molecule has 1 N–H and O–H groups in total. The molecule has 7 nitrogen and oxygen atoms in total. The Hall–Kier alpha value is -3.18. The molecule has 0 aliphatic heterocycles. The zero-order valence-corrected chi connectivity index (χ0v) is 16.0. The van der Waals surface area contributed by atoms with E-state index in [4.69, 9.17) is 14.2 Å². The van der Waals surface area contributed by atoms with E-state index < -0.39 is 14.9 Å². The molecule has 0 heterocycles. The van der Waals surface area contributed by atoms with Gasteiger partial charge in [0.1, 0.15) is 11.8 Å². The fraction of sp³-hybridized carbons (Fsp3) is 0.211. The minimum atomic E-state index is -4.05. The van der Waals surface area contributed by atoms with Crippen molar-refractivity contribution in [1.29, 1.82) is 5.26 Å². The van der Waals surface area contributed by atoms with Gasteiger partial charge < -0.3 is 14.2 Å². The summed E-state index contributed by atoms with van der Waals surface area (Å²) in [6.07, 6.45) is 1.27. The number of hydrogen-bond donors (Lipinski definition) is 1. The van der Waals surface area contributed by atoms with Crippen molar-refractivity contribution in [3.05, 3.63) is 52.9 Å². The number of nitrogens with one attached hydrogen (secondary N) is 1. The van der Waals surface area contributed by atoms with Gasteiger partial charge in [-0.3, -0.25) is 4.72 Å². The number of benzene rings is 2. The van der Waals surface area contributed by atoms with Crippen molar-refractivity contribution in [3.63, 3.8) is 0 Å². The summed E-state index contributed by atoms with van der Waals surface area (Å²) in [5.74, 6) is 1.58. The van der Waals surface area contributed by atoms with Crippen molar-refractivity contribution in [1.82, 2.24) is 0 Å². The van der Waals surface area contributed by atoms with Crippen molar-refractivity contribution < 1.29 is 22.6 Å². The average molecular weight is 388 g/mol. The van der Waals surface area contributed by atoms with Gasteiger partial charge in [0, 0.05) is 5.69 Å². The second kappa shape index (κ2) is 8.96. The lowest BCUT2D eigenvalue weighted by molar-refractivity contribution is 0.311. The van der Waals surface area contributed by atoms with Crippen molar-refractivity contribution in [3.8, 4) is 23.3 Å². The van der Waals surface area contributed by atoms with Crippen LogP contribution in [-0.2, 0) is 10.0 Å². The Labute approximate surface area is 158 Å². The summed E-state index contributed by atoms with van der Waals surface area (Å²) < 4.78 is 43.1. The first kappa shape index (κ1) is 20.1. The van der Waals surface area contributed by atoms with Crippen LogP contribution in [0.15, 0.2) is 47.4 Å². The van der Waals surface area contributed by atoms with Crippen LogP contribution < -0.4 is 18.9 Å². The number of nitriles is 1. The molecule has 142 valence electrons. The molecule has 0 atom stereocenters. The Kier molecular flexibility index (Phi) is 6.68. The topological polar surface area (TPSA) is 97.7 Å². The van der Waals surface area contributed by atoms with Gasteiger partial charge >= 0.3 is 0 Å². The van der Waals surface area contributed by atoms with Gasteiger partial charge in [0.25, 0.3) is 10.0 Å². The molecule has 2 rings (SSSR count). The number of anilines is 1. The van der Waals surface area contributed by atoms with Gasteiger partial charge in [-0.05, 0) is 55.0 Å². The van der Waals surface area contributed by atoms with Crippen molar-refractivity contribution >= 4 is 21.8 Å². The number of rotatable bonds is 8. The van der Waals surface area contributed by atoms with Gasteiger partial charge in [-0.15, -0.1) is 0 Å². The monoisotopic (exact) mass is 388 g/mol. The smallest absolute Gasteiger partial charge is 0.272 e. The molecular formula is C19H20N2O5S. The highest BCUT2D eigenvalue weighted by Crippen LogP contribution is 2.29. The molecule has 0 bridgehead atoms. The third-order valence-electron chi connectivity index (χ3n) is 3.53. The summed E-state index contributed by atoms with van der Waals surface area (Å²) in [5, 5.41) is 9.34. The standard InChI is InChI=1S/C19H20N2O5S/c1-4-26-18-10-5-14(12-19(18)25-3)11-17(13-20)27(22,23)21-15-6-8-16(24-2)9-7-15/h5-12,21H,4H2,1-3H3/b17-11-. The third kappa shape index (κ3) is 5.15. The van der Waals surface area contributed by atoms with Crippen LogP contribution in [0.25, 0.3) is 6.08 Å². The molecule has 0 aromatic heterocycles. The molecule has 0 aliphatic rings. The minimum Gasteiger partial charge on any atom is -0.497 e. The van der Waals surface area contributed by atoms with Crippen LogP contribution >= 0.6 is 0 Å². The summed E-state index contributed by atoms with van der Waals surface area (Å²) >= 11 is 0. The normalized spacial score (nSPS) is 11.4. The van der Waals surface area contributed by atoms with Gasteiger partial charge in [-0.25, -0.2) is 8.42 Å². The maximum Gasteiger partial charge on any atom is 0.272 e. The predicted octanol–water partition coefficient (Wildman–Crippen LogP) is 3.41. The van der Waals surface area contributed by atoms with Gasteiger partial charge in [0.05, 0.1) is 20.8 Å². The first-order chi connectivity index (χ1) is 12.9. The van der Waals surface area contributed by atoms with E-state index in [0.29, 0.717) is 35.1 Å². The molecule has 0 aliphatic carbocycles. The minimum absolute atomic E-state index is 0.321. The number of methoxy groups -OCH3 is 2. The number of nitrogens with zero attached hydrogens (tertiary/aromatic N) is 1. The fourth-order valence-electron chi connectivity index (χ4n) is 2.24. The van der Waals surface area contributed by atoms with Crippen LogP contribution in [0, 0.1) is 11.3 Å². The fourth-order valence-corrected chi connectivity index (χ4v) is 3.21. The molecule has 0 unspecified atom stereocenters. The average Bonchev–Trinajstić information content (AvgIpc) is 2.67. The van der Waals surface area contributed by atoms with Gasteiger partial charge in [0.2, 0.25) is 0 Å². The second-order valence-electron chi connectivity index (χ2n) is 5.30. The quantitative estimate of drug-likeness (QED) is 0.696. The van der Waals surface area contributed by atoms with Gasteiger partial charge in [-0.1, -0.05) is 6.07 Å². The number of hydrogen-bond acceptors (Lipinski definition) is 6. The van der Waals surface area contributed by atoms with E-state index >= 15 is 0 Å². The Morgan fingerprint density at radius 1 is 1.11 bits per heavy atom. The van der Waals surface area contributed by atoms with E-state index in [1.807, 2.05) is 6.92 Å². The van der Waals surface area contributed by atoms with E-state index in [-0.39, 0.29) is 0 Å². The van der Waals surface area contributed by atoms with Crippen LogP contribution in [0.1, 0.15) is 12.5 Å². The zero-order chi connectivity index (χ0) is 19.9. The number of allylic oxidation sites excluding steroid dienone is 1. The van der Waals surface area contributed by atoms with Crippen molar-refractivity contribution in [2.45, 2.75) is 6.92 Å². The lowest BCUT2D eigenvalue weighted by Crippen LogP contribution is -2.14. The largest absolute Gasteiger partial charge is 0.497 e. The van der Waals surface area contributed by atoms with E-state index in [0.717, 1.165) is 0 Å². The van der Waals surface area contributed by atoms with E-state index in [2.05, 4.69) is 4.72 Å². The predicted molar refractivity (Wildman–Crippen MR) is 103 cm³/mol. The van der Waals surface area contributed by atoms with E-state index in [9.17, 15) is 13.7 Å². The highest BCUT2D eigenvalue weighted by molar-refractivity contribution is 7.96. The van der Waals surface area contributed by atoms with Gasteiger partial charge in [0.15, 0.2) is 16.4 Å². The Morgan fingerprint density at radius 3 is 2.37 bits per heavy atom. The third-order valence-corrected chi connectivity index (χ3v) is 4.82. The number of sulfonamides is 1. The molecule has 2 aromatic carbocycles. The van der Waals surface area contributed by atoms with Gasteiger partial charge in [-0.2, -0.15) is 5.26 Å². The van der Waals surface area contributed by atoms with E-state index in [1.54, 1.807) is 48.5 Å². The van der Waals surface area contributed by atoms with Crippen LogP contribution in [0.5, 0.6) is 17.2 Å². The number of ether oxygens (including phenoxy) is 3. The second-order valence-corrected chi connectivity index (χ2v) is 6.95. The Bertz CT molecular complexity index is 961. The highest BCUT2D eigenvalue weighted by atomic mass is 32.2. The lowest BCUT2D eigenvalue weighted by Gasteiger charge is -2.10. The van der Waals surface area contributed by atoms with Crippen LogP contribution in [0.3, 0.4) is 0 Å². The summed E-state index contributed by atoms with van der Waals surface area (Å²) in [6, 6.07) is 13.0. The van der Waals surface area contributed by atoms with Crippen LogP contribution in [0.4, 0.5) is 5.69 Å². The highest BCUT2D eigenvalue weighted by Gasteiger charge is 2.18. The van der Waals surface area contributed by atoms with Crippen molar-refractivity contribution in [2.24, 2.45) is 0 Å². The zero-order valence-electron chi connectivity index (χ0n) is 15.2. The molecule has 0 radical (unpaired) electrons. The first-order valence-corrected chi connectivity index (χ1v) is 9.51. The summed E-state index contributed by atoms with van der Waals surface area (Å²) in [6.45, 7) is 2.31. The van der Waals surface area contributed by atoms with Crippen molar-refractivity contribution in [2.75, 3.05) is 25.5 Å². The van der Waals surface area contributed by atoms with E-state index in [1.165, 1.54) is 20.3 Å². The summed E-state index contributed by atoms with van der Waals surface area (Å²) in [7, 11) is -1.05. The maximum atomic E-state index is 12.5. The van der Waals surface area contributed by atoms with Crippen LogP contribution in [-0.4, -0.2) is 29.2 Å². The SMILES string of the molecule is CCOc1ccc(/C=C(/C#N)S(=O)(=O)Nc2ccc(OC)cc2)cc1OC.